The first-order valence-electron chi connectivity index (χ1n) is 7.80. The standard InChI is InChI=1S/C19H20O5/c1-19(2)14-10-16(21)15(20)8-13(14)9-17(24-19)18(22)23-11-12-6-4-3-5-7-12/h3-8,10,17,20-21H,9,11H2,1-2H3/t17-/m1/s1. The largest absolute Gasteiger partial charge is 0.504 e. The lowest BCUT2D eigenvalue weighted by Crippen LogP contribution is -2.41. The molecule has 1 aliphatic rings. The molecule has 1 heterocycles. The minimum absolute atomic E-state index is 0.188. The second kappa shape index (κ2) is 6.17. The van der Waals surface area contributed by atoms with Crippen molar-refractivity contribution < 1.29 is 24.5 Å². The smallest absolute Gasteiger partial charge is 0.335 e. The first-order chi connectivity index (χ1) is 11.4. The summed E-state index contributed by atoms with van der Waals surface area (Å²) in [5.74, 6) is -0.844. The Hall–Kier alpha value is -2.53. The molecule has 0 fully saturated rings. The fraction of sp³-hybridized carbons (Fsp3) is 0.316. The summed E-state index contributed by atoms with van der Waals surface area (Å²) in [6, 6.07) is 12.4. The first kappa shape index (κ1) is 16.3. The molecule has 126 valence electrons. The zero-order chi connectivity index (χ0) is 17.3. The van der Waals surface area contributed by atoms with Gasteiger partial charge < -0.3 is 19.7 Å². The highest BCUT2D eigenvalue weighted by Crippen LogP contribution is 2.40. The monoisotopic (exact) mass is 328 g/mol. The van der Waals surface area contributed by atoms with Gasteiger partial charge in [0.1, 0.15) is 6.61 Å². The van der Waals surface area contributed by atoms with E-state index in [1.807, 2.05) is 44.2 Å². The van der Waals surface area contributed by atoms with Crippen molar-refractivity contribution in [1.29, 1.82) is 0 Å². The van der Waals surface area contributed by atoms with Crippen LogP contribution in [-0.4, -0.2) is 22.3 Å². The normalized spacial score (nSPS) is 18.7. The summed E-state index contributed by atoms with van der Waals surface area (Å²) in [5, 5.41) is 19.4. The molecule has 0 radical (unpaired) electrons. The van der Waals surface area contributed by atoms with Crippen LogP contribution in [0.5, 0.6) is 11.5 Å². The lowest BCUT2D eigenvalue weighted by atomic mass is 9.86. The topological polar surface area (TPSA) is 76.0 Å². The fourth-order valence-electron chi connectivity index (χ4n) is 2.96. The molecule has 0 unspecified atom stereocenters. The minimum Gasteiger partial charge on any atom is -0.504 e. The van der Waals surface area contributed by atoms with Crippen LogP contribution >= 0.6 is 0 Å². The van der Waals surface area contributed by atoms with Crippen molar-refractivity contribution in [3.63, 3.8) is 0 Å². The highest BCUT2D eigenvalue weighted by atomic mass is 16.6. The fourth-order valence-corrected chi connectivity index (χ4v) is 2.96. The third-order valence-corrected chi connectivity index (χ3v) is 4.18. The van der Waals surface area contributed by atoms with Crippen LogP contribution in [0.4, 0.5) is 0 Å². The molecule has 5 heteroatoms. The third-order valence-electron chi connectivity index (χ3n) is 4.18. The molecule has 0 bridgehead atoms. The Labute approximate surface area is 140 Å². The van der Waals surface area contributed by atoms with E-state index in [2.05, 4.69) is 0 Å². The highest BCUT2D eigenvalue weighted by Gasteiger charge is 2.38. The summed E-state index contributed by atoms with van der Waals surface area (Å²) in [7, 11) is 0. The molecule has 0 aromatic heterocycles. The molecular weight excluding hydrogens is 308 g/mol. The predicted molar refractivity (Wildman–Crippen MR) is 87.6 cm³/mol. The van der Waals surface area contributed by atoms with Crippen LogP contribution in [-0.2, 0) is 32.9 Å². The second-order valence-corrected chi connectivity index (χ2v) is 6.41. The van der Waals surface area contributed by atoms with Crippen LogP contribution < -0.4 is 0 Å². The molecule has 1 atom stereocenters. The van der Waals surface area contributed by atoms with E-state index in [1.165, 1.54) is 12.1 Å². The summed E-state index contributed by atoms with van der Waals surface area (Å²) in [6.45, 7) is 3.82. The van der Waals surface area contributed by atoms with Crippen LogP contribution in [0.15, 0.2) is 42.5 Å². The summed E-state index contributed by atoms with van der Waals surface area (Å²) >= 11 is 0. The summed E-state index contributed by atoms with van der Waals surface area (Å²) in [6.07, 6.45) is -0.458. The molecule has 0 spiro atoms. The van der Waals surface area contributed by atoms with E-state index in [1.54, 1.807) is 0 Å². The molecule has 0 saturated heterocycles. The molecule has 5 nitrogen and oxygen atoms in total. The van der Waals surface area contributed by atoms with Crippen molar-refractivity contribution in [2.75, 3.05) is 0 Å². The SMILES string of the molecule is CC1(C)O[C@@H](C(=O)OCc2ccccc2)Cc2cc(O)c(O)cc21. The molecule has 1 aliphatic heterocycles. The zero-order valence-electron chi connectivity index (χ0n) is 13.7. The van der Waals surface area contributed by atoms with Crippen molar-refractivity contribution in [3.8, 4) is 11.5 Å². The zero-order valence-corrected chi connectivity index (χ0v) is 13.7. The van der Waals surface area contributed by atoms with Gasteiger partial charge in [-0.3, -0.25) is 0 Å². The maximum atomic E-state index is 12.4. The number of phenols is 2. The highest BCUT2D eigenvalue weighted by molar-refractivity contribution is 5.76. The van der Waals surface area contributed by atoms with Gasteiger partial charge in [0, 0.05) is 6.42 Å². The number of esters is 1. The first-order valence-corrected chi connectivity index (χ1v) is 7.80. The molecule has 2 aromatic rings. The van der Waals surface area contributed by atoms with Gasteiger partial charge >= 0.3 is 5.97 Å². The molecule has 24 heavy (non-hydrogen) atoms. The number of phenolic OH excluding ortho intramolecular Hbond substituents is 2. The van der Waals surface area contributed by atoms with Gasteiger partial charge in [0.05, 0.1) is 5.60 Å². The van der Waals surface area contributed by atoms with Crippen molar-refractivity contribution >= 4 is 5.97 Å². The Morgan fingerprint density at radius 1 is 1.21 bits per heavy atom. The molecule has 0 amide bonds. The number of benzene rings is 2. The average Bonchev–Trinajstić information content (AvgIpc) is 2.55. The van der Waals surface area contributed by atoms with E-state index < -0.39 is 17.7 Å². The van der Waals surface area contributed by atoms with Gasteiger partial charge in [-0.05, 0) is 42.7 Å². The number of rotatable bonds is 3. The lowest BCUT2D eigenvalue weighted by Gasteiger charge is -2.37. The molecule has 0 saturated carbocycles. The van der Waals surface area contributed by atoms with Crippen molar-refractivity contribution in [1.82, 2.24) is 0 Å². The van der Waals surface area contributed by atoms with E-state index >= 15 is 0 Å². The van der Waals surface area contributed by atoms with E-state index in [9.17, 15) is 15.0 Å². The Bertz CT molecular complexity index is 752. The van der Waals surface area contributed by atoms with Crippen LogP contribution in [0.3, 0.4) is 0 Å². The predicted octanol–water partition coefficient (Wildman–Crippen LogP) is 3.02. The molecule has 0 aliphatic carbocycles. The summed E-state index contributed by atoms with van der Waals surface area (Å²) in [5.41, 5.74) is 1.66. The van der Waals surface area contributed by atoms with Crippen molar-refractivity contribution in [2.45, 2.75) is 38.6 Å². The van der Waals surface area contributed by atoms with Crippen LogP contribution in [0.2, 0.25) is 0 Å². The molecular formula is C19H20O5. The number of hydrogen-bond acceptors (Lipinski definition) is 5. The van der Waals surface area contributed by atoms with Gasteiger partial charge in [0.25, 0.3) is 0 Å². The van der Waals surface area contributed by atoms with Crippen LogP contribution in [0.25, 0.3) is 0 Å². The number of aromatic hydroxyl groups is 2. The van der Waals surface area contributed by atoms with E-state index in [4.69, 9.17) is 9.47 Å². The van der Waals surface area contributed by atoms with Gasteiger partial charge in [-0.1, -0.05) is 30.3 Å². The Kier molecular flexibility index (Phi) is 4.20. The quantitative estimate of drug-likeness (QED) is 0.669. The van der Waals surface area contributed by atoms with Gasteiger partial charge in [0.2, 0.25) is 0 Å². The average molecular weight is 328 g/mol. The van der Waals surface area contributed by atoms with Gasteiger partial charge in [-0.2, -0.15) is 0 Å². The maximum Gasteiger partial charge on any atom is 0.335 e. The summed E-state index contributed by atoms with van der Waals surface area (Å²) in [4.78, 5) is 12.4. The molecule has 2 N–H and O–H groups in total. The van der Waals surface area contributed by atoms with Crippen molar-refractivity contribution in [2.24, 2.45) is 0 Å². The maximum absolute atomic E-state index is 12.4. The van der Waals surface area contributed by atoms with Gasteiger partial charge in [-0.25, -0.2) is 4.79 Å². The van der Waals surface area contributed by atoms with E-state index in [0.29, 0.717) is 6.42 Å². The van der Waals surface area contributed by atoms with E-state index in [0.717, 1.165) is 16.7 Å². The van der Waals surface area contributed by atoms with Gasteiger partial charge in [-0.15, -0.1) is 0 Å². The van der Waals surface area contributed by atoms with E-state index in [-0.39, 0.29) is 18.1 Å². The second-order valence-electron chi connectivity index (χ2n) is 6.41. The number of carbonyl (C=O) groups excluding carboxylic acids is 1. The number of fused-ring (bicyclic) bond motifs is 1. The van der Waals surface area contributed by atoms with Gasteiger partial charge in [0.15, 0.2) is 17.6 Å². The minimum atomic E-state index is -0.769. The Balaban J connectivity index is 1.76. The Morgan fingerprint density at radius 2 is 1.88 bits per heavy atom. The van der Waals surface area contributed by atoms with Crippen LogP contribution in [0.1, 0.15) is 30.5 Å². The summed E-state index contributed by atoms with van der Waals surface area (Å²) < 4.78 is 11.2. The lowest BCUT2D eigenvalue weighted by molar-refractivity contribution is -0.172. The van der Waals surface area contributed by atoms with Crippen molar-refractivity contribution in [3.05, 3.63) is 59.2 Å². The Morgan fingerprint density at radius 3 is 2.58 bits per heavy atom. The van der Waals surface area contributed by atoms with Crippen LogP contribution in [0, 0.1) is 0 Å². The third kappa shape index (κ3) is 3.21. The number of hydrogen-bond donors (Lipinski definition) is 2. The number of ether oxygens (including phenoxy) is 2. The molecule has 2 aromatic carbocycles. The number of carbonyl (C=O) groups is 1. The molecule has 3 rings (SSSR count).